The molecular formula is C7H6FIN2O. The molecule has 1 amide bonds. The van der Waals surface area contributed by atoms with E-state index in [1.807, 2.05) is 22.6 Å². The minimum Gasteiger partial charge on any atom is -0.354 e. The summed E-state index contributed by atoms with van der Waals surface area (Å²) in [5, 5.41) is 2.30. The molecular weight excluding hydrogens is 274 g/mol. The smallest absolute Gasteiger partial charge is 0.272 e. The van der Waals surface area contributed by atoms with Crippen LogP contribution in [-0.4, -0.2) is 17.9 Å². The molecule has 5 heteroatoms. The maximum atomic E-state index is 13.0. The number of aromatic nitrogens is 1. The van der Waals surface area contributed by atoms with E-state index in [-0.39, 0.29) is 5.69 Å². The van der Waals surface area contributed by atoms with Crippen LogP contribution in [0.1, 0.15) is 10.5 Å². The maximum Gasteiger partial charge on any atom is 0.272 e. The van der Waals surface area contributed by atoms with Crippen molar-refractivity contribution in [2.75, 3.05) is 7.05 Å². The molecule has 12 heavy (non-hydrogen) atoms. The second-order valence-corrected chi connectivity index (χ2v) is 3.31. The molecule has 0 fully saturated rings. The zero-order valence-corrected chi connectivity index (χ0v) is 8.42. The molecule has 0 aliphatic rings. The van der Waals surface area contributed by atoms with Gasteiger partial charge in [-0.15, -0.1) is 0 Å². The van der Waals surface area contributed by atoms with Crippen LogP contribution in [0.5, 0.6) is 0 Å². The second-order valence-electron chi connectivity index (χ2n) is 2.06. The highest BCUT2D eigenvalue weighted by atomic mass is 127. The first-order valence-electron chi connectivity index (χ1n) is 3.18. The number of hydrogen-bond donors (Lipinski definition) is 1. The van der Waals surface area contributed by atoms with Gasteiger partial charge in [0, 0.05) is 16.8 Å². The molecule has 1 aromatic heterocycles. The average molecular weight is 280 g/mol. The minimum atomic E-state index is -0.596. The van der Waals surface area contributed by atoms with Crippen molar-refractivity contribution in [2.45, 2.75) is 0 Å². The van der Waals surface area contributed by atoms with E-state index in [4.69, 9.17) is 0 Å². The van der Waals surface area contributed by atoms with Gasteiger partial charge in [-0.3, -0.25) is 4.79 Å². The summed E-state index contributed by atoms with van der Waals surface area (Å²) >= 11 is 1.92. The van der Waals surface area contributed by atoms with Crippen molar-refractivity contribution >= 4 is 28.5 Å². The quantitative estimate of drug-likeness (QED) is 0.785. The molecule has 1 heterocycles. The van der Waals surface area contributed by atoms with E-state index < -0.39 is 11.7 Å². The summed E-state index contributed by atoms with van der Waals surface area (Å²) in [4.78, 5) is 14.6. The third kappa shape index (κ3) is 1.90. The van der Waals surface area contributed by atoms with Crippen LogP contribution in [0, 0.1) is 9.39 Å². The van der Waals surface area contributed by atoms with Crippen molar-refractivity contribution in [3.63, 3.8) is 0 Å². The van der Waals surface area contributed by atoms with Gasteiger partial charge < -0.3 is 5.32 Å². The lowest BCUT2D eigenvalue weighted by Crippen LogP contribution is -2.20. The summed E-state index contributed by atoms with van der Waals surface area (Å²) in [6.07, 6.45) is 1.44. The third-order valence-corrected chi connectivity index (χ3v) is 1.84. The first-order chi connectivity index (χ1) is 5.65. The third-order valence-electron chi connectivity index (χ3n) is 1.25. The number of pyridine rings is 1. The van der Waals surface area contributed by atoms with Crippen molar-refractivity contribution in [1.29, 1.82) is 0 Å². The Kier molecular flexibility index (Phi) is 2.96. The fourth-order valence-electron chi connectivity index (χ4n) is 0.700. The van der Waals surface area contributed by atoms with Gasteiger partial charge in [0.2, 0.25) is 0 Å². The van der Waals surface area contributed by atoms with E-state index in [2.05, 4.69) is 10.3 Å². The van der Waals surface area contributed by atoms with Crippen LogP contribution in [0.15, 0.2) is 12.3 Å². The lowest BCUT2D eigenvalue weighted by molar-refractivity contribution is 0.0953. The molecule has 0 atom stereocenters. The molecule has 64 valence electrons. The summed E-state index contributed by atoms with van der Waals surface area (Å²) in [5.41, 5.74) is -0.169. The van der Waals surface area contributed by atoms with Gasteiger partial charge in [-0.25, -0.2) is 9.37 Å². The molecule has 1 rings (SSSR count). The standard InChI is InChI=1S/C7H6FIN2O/c1-10-7(12)6-5(8)2-4(9)3-11-6/h2-3H,1H3,(H,10,12). The van der Waals surface area contributed by atoms with Crippen LogP contribution in [0.25, 0.3) is 0 Å². The molecule has 1 aromatic rings. The Balaban J connectivity index is 3.09. The molecule has 0 aliphatic carbocycles. The Morgan fingerprint density at radius 1 is 1.75 bits per heavy atom. The molecule has 0 saturated heterocycles. The molecule has 0 aliphatic heterocycles. The second kappa shape index (κ2) is 3.79. The van der Waals surface area contributed by atoms with Crippen LogP contribution in [0.3, 0.4) is 0 Å². The first-order valence-corrected chi connectivity index (χ1v) is 4.26. The molecule has 0 radical (unpaired) electrons. The Labute approximate surface area is 82.5 Å². The van der Waals surface area contributed by atoms with Crippen LogP contribution in [-0.2, 0) is 0 Å². The fraction of sp³-hybridized carbons (Fsp3) is 0.143. The van der Waals surface area contributed by atoms with Gasteiger partial charge in [0.1, 0.15) is 0 Å². The number of nitrogens with zero attached hydrogens (tertiary/aromatic N) is 1. The van der Waals surface area contributed by atoms with E-state index in [0.29, 0.717) is 3.57 Å². The predicted molar refractivity (Wildman–Crippen MR) is 50.3 cm³/mol. The van der Waals surface area contributed by atoms with Gasteiger partial charge in [0.05, 0.1) is 0 Å². The van der Waals surface area contributed by atoms with Crippen LogP contribution in [0.4, 0.5) is 4.39 Å². The molecule has 0 spiro atoms. The monoisotopic (exact) mass is 280 g/mol. The van der Waals surface area contributed by atoms with Gasteiger partial charge in [-0.2, -0.15) is 0 Å². The molecule has 3 nitrogen and oxygen atoms in total. The van der Waals surface area contributed by atoms with E-state index in [1.165, 1.54) is 19.3 Å². The number of nitrogens with one attached hydrogen (secondary N) is 1. The zero-order chi connectivity index (χ0) is 9.14. The van der Waals surface area contributed by atoms with Crippen LogP contribution < -0.4 is 5.32 Å². The van der Waals surface area contributed by atoms with Crippen LogP contribution in [0.2, 0.25) is 0 Å². The first kappa shape index (κ1) is 9.37. The van der Waals surface area contributed by atoms with Gasteiger partial charge in [0.25, 0.3) is 5.91 Å². The number of amides is 1. The molecule has 0 bridgehead atoms. The van der Waals surface area contributed by atoms with E-state index in [9.17, 15) is 9.18 Å². The molecule has 0 unspecified atom stereocenters. The van der Waals surface area contributed by atoms with Gasteiger partial charge >= 0.3 is 0 Å². The van der Waals surface area contributed by atoms with Gasteiger partial charge in [-0.1, -0.05) is 0 Å². The Morgan fingerprint density at radius 2 is 2.42 bits per heavy atom. The SMILES string of the molecule is CNC(=O)c1ncc(I)cc1F. The summed E-state index contributed by atoms with van der Waals surface area (Å²) in [7, 11) is 1.43. The number of carbonyl (C=O) groups excluding carboxylic acids is 1. The van der Waals surface area contributed by atoms with Crippen molar-refractivity contribution in [3.8, 4) is 0 Å². The minimum absolute atomic E-state index is 0.169. The summed E-state index contributed by atoms with van der Waals surface area (Å²) in [6.45, 7) is 0. The summed E-state index contributed by atoms with van der Waals surface area (Å²) in [6, 6.07) is 1.26. The highest BCUT2D eigenvalue weighted by Crippen LogP contribution is 2.08. The number of hydrogen-bond acceptors (Lipinski definition) is 2. The highest BCUT2D eigenvalue weighted by molar-refractivity contribution is 14.1. The largest absolute Gasteiger partial charge is 0.354 e. The topological polar surface area (TPSA) is 42.0 Å². The normalized spacial score (nSPS) is 9.58. The van der Waals surface area contributed by atoms with Crippen LogP contribution >= 0.6 is 22.6 Å². The van der Waals surface area contributed by atoms with E-state index in [0.717, 1.165) is 0 Å². The van der Waals surface area contributed by atoms with Crippen molar-refractivity contribution in [2.24, 2.45) is 0 Å². The van der Waals surface area contributed by atoms with Crippen molar-refractivity contribution < 1.29 is 9.18 Å². The lowest BCUT2D eigenvalue weighted by Gasteiger charge is -1.99. The van der Waals surface area contributed by atoms with Gasteiger partial charge in [0.15, 0.2) is 11.5 Å². The van der Waals surface area contributed by atoms with Gasteiger partial charge in [-0.05, 0) is 28.7 Å². The highest BCUT2D eigenvalue weighted by Gasteiger charge is 2.11. The summed E-state index contributed by atoms with van der Waals surface area (Å²) in [5.74, 6) is -1.11. The zero-order valence-electron chi connectivity index (χ0n) is 6.27. The van der Waals surface area contributed by atoms with Crippen molar-refractivity contribution in [3.05, 3.63) is 27.3 Å². The van der Waals surface area contributed by atoms with E-state index >= 15 is 0 Å². The fourth-order valence-corrected chi connectivity index (χ4v) is 1.11. The molecule has 1 N–H and O–H groups in total. The molecule has 0 aromatic carbocycles. The Morgan fingerprint density at radius 3 is 2.92 bits per heavy atom. The molecule has 0 saturated carbocycles. The number of rotatable bonds is 1. The maximum absolute atomic E-state index is 13.0. The van der Waals surface area contributed by atoms with Crippen molar-refractivity contribution in [1.82, 2.24) is 10.3 Å². The lowest BCUT2D eigenvalue weighted by atomic mass is 10.3. The van der Waals surface area contributed by atoms with E-state index in [1.54, 1.807) is 0 Å². The summed E-state index contributed by atoms with van der Waals surface area (Å²) < 4.78 is 13.6. The predicted octanol–water partition coefficient (Wildman–Crippen LogP) is 1.18. The Hall–Kier alpha value is -0.720. The number of halogens is 2. The number of carbonyl (C=O) groups is 1. The Bertz CT molecular complexity index is 316. The average Bonchev–Trinajstić information content (AvgIpc) is 2.03.